The van der Waals surface area contributed by atoms with Gasteiger partial charge < -0.3 is 9.47 Å². The van der Waals surface area contributed by atoms with Crippen molar-refractivity contribution in [3.8, 4) is 28.0 Å². The Balaban J connectivity index is 1.99. The van der Waals surface area contributed by atoms with Crippen molar-refractivity contribution in [1.82, 2.24) is 0 Å². The van der Waals surface area contributed by atoms with Crippen molar-refractivity contribution in [1.29, 1.82) is 0 Å². The fourth-order valence-electron chi connectivity index (χ4n) is 2.77. The summed E-state index contributed by atoms with van der Waals surface area (Å²) in [5.41, 5.74) is 4.27. The van der Waals surface area contributed by atoms with Gasteiger partial charge in [0.2, 0.25) is 0 Å². The molecule has 3 heteroatoms. The number of esters is 1. The molecule has 0 aliphatic carbocycles. The van der Waals surface area contributed by atoms with Gasteiger partial charge in [-0.3, -0.25) is 0 Å². The minimum absolute atomic E-state index is 0.339. The summed E-state index contributed by atoms with van der Waals surface area (Å²) in [6, 6.07) is 26.3. The van der Waals surface area contributed by atoms with Crippen LogP contribution in [0.4, 0.5) is 0 Å². The highest BCUT2D eigenvalue weighted by Gasteiger charge is 2.16. The van der Waals surface area contributed by atoms with Gasteiger partial charge in [0.15, 0.2) is 6.10 Å². The first-order valence-electron chi connectivity index (χ1n) is 8.76. The molecular weight excluding hydrogens is 324 g/mol. The fourth-order valence-corrected chi connectivity index (χ4v) is 2.77. The predicted molar refractivity (Wildman–Crippen MR) is 104 cm³/mol. The number of rotatable bonds is 6. The lowest BCUT2D eigenvalue weighted by molar-refractivity contribution is -0.150. The summed E-state index contributed by atoms with van der Waals surface area (Å²) >= 11 is 0. The van der Waals surface area contributed by atoms with Crippen LogP contribution in [0.3, 0.4) is 0 Å². The lowest BCUT2D eigenvalue weighted by Crippen LogP contribution is -2.26. The van der Waals surface area contributed by atoms with E-state index in [1.807, 2.05) is 48.5 Å². The molecule has 0 fully saturated rings. The predicted octanol–water partition coefficient (Wildman–Crippen LogP) is 5.35. The van der Waals surface area contributed by atoms with Crippen LogP contribution in [0, 0.1) is 0 Å². The average Bonchev–Trinajstić information content (AvgIpc) is 2.69. The van der Waals surface area contributed by atoms with Gasteiger partial charge in [-0.25, -0.2) is 4.79 Å². The van der Waals surface area contributed by atoms with Gasteiger partial charge in [0.1, 0.15) is 5.75 Å². The highest BCUT2D eigenvalue weighted by molar-refractivity contribution is 5.77. The molecule has 132 valence electrons. The molecule has 0 unspecified atom stereocenters. The van der Waals surface area contributed by atoms with Crippen LogP contribution in [-0.4, -0.2) is 18.7 Å². The SMILES string of the molecule is CCOC(=O)[C@H](C)Oc1cc(-c2ccccc2)cc(-c2ccccc2)c1. The maximum atomic E-state index is 11.9. The summed E-state index contributed by atoms with van der Waals surface area (Å²) in [7, 11) is 0. The second-order valence-electron chi connectivity index (χ2n) is 5.99. The Bertz CT molecular complexity index is 799. The maximum Gasteiger partial charge on any atom is 0.347 e. The standard InChI is InChI=1S/C23H22O3/c1-3-25-23(24)17(2)26-22-15-20(18-10-6-4-7-11-18)14-21(16-22)19-12-8-5-9-13-19/h4-17H,3H2,1-2H3/t17-/m0/s1. The zero-order chi connectivity index (χ0) is 18.4. The quantitative estimate of drug-likeness (QED) is 0.564. The maximum absolute atomic E-state index is 11.9. The highest BCUT2D eigenvalue weighted by atomic mass is 16.6. The van der Waals surface area contributed by atoms with E-state index in [0.29, 0.717) is 12.4 Å². The molecule has 0 saturated carbocycles. The van der Waals surface area contributed by atoms with Crippen LogP contribution >= 0.6 is 0 Å². The third-order valence-electron chi connectivity index (χ3n) is 4.05. The first-order valence-corrected chi connectivity index (χ1v) is 8.76. The number of benzene rings is 3. The second-order valence-corrected chi connectivity index (χ2v) is 5.99. The summed E-state index contributed by atoms with van der Waals surface area (Å²) in [6.45, 7) is 3.83. The van der Waals surface area contributed by atoms with Crippen molar-refractivity contribution in [2.24, 2.45) is 0 Å². The van der Waals surface area contributed by atoms with Crippen LogP contribution in [0.2, 0.25) is 0 Å². The van der Waals surface area contributed by atoms with E-state index in [1.165, 1.54) is 0 Å². The Hall–Kier alpha value is -3.07. The molecule has 26 heavy (non-hydrogen) atoms. The fraction of sp³-hybridized carbons (Fsp3) is 0.174. The van der Waals surface area contributed by atoms with E-state index >= 15 is 0 Å². The second kappa shape index (κ2) is 8.34. The Kier molecular flexibility index (Phi) is 5.69. The van der Waals surface area contributed by atoms with Crippen molar-refractivity contribution < 1.29 is 14.3 Å². The van der Waals surface area contributed by atoms with E-state index in [2.05, 4.69) is 30.3 Å². The molecule has 0 spiro atoms. The number of carbonyl (C=O) groups is 1. The van der Waals surface area contributed by atoms with Gasteiger partial charge in [-0.2, -0.15) is 0 Å². The lowest BCUT2D eigenvalue weighted by Gasteiger charge is -2.16. The first kappa shape index (κ1) is 17.7. The average molecular weight is 346 g/mol. The van der Waals surface area contributed by atoms with E-state index in [-0.39, 0.29) is 5.97 Å². The molecule has 3 aromatic rings. The molecule has 3 aromatic carbocycles. The molecule has 1 atom stereocenters. The molecule has 0 amide bonds. The summed E-state index contributed by atoms with van der Waals surface area (Å²) in [5, 5.41) is 0. The Morgan fingerprint density at radius 1 is 0.808 bits per heavy atom. The summed E-state index contributed by atoms with van der Waals surface area (Å²) in [4.78, 5) is 11.9. The molecule has 0 aromatic heterocycles. The van der Waals surface area contributed by atoms with Gasteiger partial charge in [-0.15, -0.1) is 0 Å². The van der Waals surface area contributed by atoms with Crippen LogP contribution < -0.4 is 4.74 Å². The van der Waals surface area contributed by atoms with Gasteiger partial charge in [0.05, 0.1) is 6.61 Å². The van der Waals surface area contributed by atoms with Crippen LogP contribution in [0.5, 0.6) is 5.75 Å². The third-order valence-corrected chi connectivity index (χ3v) is 4.05. The Morgan fingerprint density at radius 2 is 1.31 bits per heavy atom. The van der Waals surface area contributed by atoms with E-state index in [0.717, 1.165) is 22.3 Å². The van der Waals surface area contributed by atoms with Crippen molar-refractivity contribution in [2.75, 3.05) is 6.61 Å². The molecule has 0 radical (unpaired) electrons. The lowest BCUT2D eigenvalue weighted by atomic mass is 9.98. The number of hydrogen-bond donors (Lipinski definition) is 0. The van der Waals surface area contributed by atoms with Gasteiger partial charge in [0.25, 0.3) is 0 Å². The zero-order valence-corrected chi connectivity index (χ0v) is 15.0. The molecule has 3 rings (SSSR count). The number of ether oxygens (including phenoxy) is 2. The number of carbonyl (C=O) groups excluding carboxylic acids is 1. The minimum atomic E-state index is -0.662. The third kappa shape index (κ3) is 4.31. The molecule has 3 nitrogen and oxygen atoms in total. The topological polar surface area (TPSA) is 35.5 Å². The van der Waals surface area contributed by atoms with Gasteiger partial charge in [-0.05, 0) is 54.3 Å². The summed E-state index contributed by atoms with van der Waals surface area (Å²) in [5.74, 6) is 0.282. The molecule has 0 heterocycles. The largest absolute Gasteiger partial charge is 0.479 e. The minimum Gasteiger partial charge on any atom is -0.479 e. The van der Waals surface area contributed by atoms with Crippen molar-refractivity contribution in [2.45, 2.75) is 20.0 Å². The van der Waals surface area contributed by atoms with Crippen LogP contribution in [0.25, 0.3) is 22.3 Å². The van der Waals surface area contributed by atoms with Gasteiger partial charge in [0, 0.05) is 0 Å². The molecule has 0 aliphatic heterocycles. The number of hydrogen-bond acceptors (Lipinski definition) is 3. The van der Waals surface area contributed by atoms with E-state index in [1.54, 1.807) is 13.8 Å². The van der Waals surface area contributed by atoms with Crippen LogP contribution in [0.15, 0.2) is 78.9 Å². The van der Waals surface area contributed by atoms with Crippen LogP contribution in [-0.2, 0) is 9.53 Å². The van der Waals surface area contributed by atoms with Crippen LogP contribution in [0.1, 0.15) is 13.8 Å². The highest BCUT2D eigenvalue weighted by Crippen LogP contribution is 2.32. The summed E-state index contributed by atoms with van der Waals surface area (Å²) in [6.07, 6.45) is -0.662. The summed E-state index contributed by atoms with van der Waals surface area (Å²) < 4.78 is 10.9. The smallest absolute Gasteiger partial charge is 0.347 e. The zero-order valence-electron chi connectivity index (χ0n) is 15.0. The Morgan fingerprint density at radius 3 is 1.77 bits per heavy atom. The van der Waals surface area contributed by atoms with Crippen molar-refractivity contribution in [3.05, 3.63) is 78.9 Å². The van der Waals surface area contributed by atoms with E-state index < -0.39 is 6.10 Å². The monoisotopic (exact) mass is 346 g/mol. The van der Waals surface area contributed by atoms with Crippen molar-refractivity contribution in [3.63, 3.8) is 0 Å². The van der Waals surface area contributed by atoms with E-state index in [9.17, 15) is 4.79 Å². The molecule has 0 bridgehead atoms. The molecule has 0 N–H and O–H groups in total. The van der Waals surface area contributed by atoms with Crippen molar-refractivity contribution >= 4 is 5.97 Å². The van der Waals surface area contributed by atoms with Gasteiger partial charge in [-0.1, -0.05) is 60.7 Å². The molecular formula is C23H22O3. The normalized spacial score (nSPS) is 11.6. The van der Waals surface area contributed by atoms with Gasteiger partial charge >= 0.3 is 5.97 Å². The van der Waals surface area contributed by atoms with E-state index in [4.69, 9.17) is 9.47 Å². The molecule has 0 aliphatic rings. The first-order chi connectivity index (χ1) is 12.7. The molecule has 0 saturated heterocycles. The Labute approximate surface area is 154 Å².